The molecule has 0 spiro atoms. The van der Waals surface area contributed by atoms with Gasteiger partial charge in [0.2, 0.25) is 10.0 Å². The molecule has 2 saturated heterocycles. The van der Waals surface area contributed by atoms with Gasteiger partial charge in [-0.2, -0.15) is 4.31 Å². The van der Waals surface area contributed by atoms with E-state index in [1.165, 1.54) is 10.6 Å². The Morgan fingerprint density at radius 1 is 0.952 bits per heavy atom. The summed E-state index contributed by atoms with van der Waals surface area (Å²) in [5.41, 5.74) is 0. The fourth-order valence-electron chi connectivity index (χ4n) is 3.68. The fourth-order valence-corrected chi connectivity index (χ4v) is 7.02. The molecule has 2 heterocycles. The van der Waals surface area contributed by atoms with Gasteiger partial charge in [-0.15, -0.1) is 0 Å². The van der Waals surface area contributed by atoms with Crippen molar-refractivity contribution in [1.82, 2.24) is 4.31 Å². The van der Waals surface area contributed by atoms with E-state index in [0.29, 0.717) is 17.7 Å². The van der Waals surface area contributed by atoms with Gasteiger partial charge in [0.15, 0.2) is 9.84 Å². The van der Waals surface area contributed by atoms with Crippen molar-refractivity contribution >= 4 is 19.9 Å². The van der Waals surface area contributed by atoms with Crippen LogP contribution in [-0.2, 0) is 19.9 Å². The summed E-state index contributed by atoms with van der Waals surface area (Å²) in [5.74, 6) is 0. The van der Waals surface area contributed by atoms with Crippen molar-refractivity contribution in [3.8, 4) is 0 Å². The lowest BCUT2D eigenvalue weighted by atomic mass is 10.1. The summed E-state index contributed by atoms with van der Waals surface area (Å²) in [6, 6.07) is 8.11. The highest BCUT2D eigenvalue weighted by Crippen LogP contribution is 2.41. The molecule has 0 aromatic heterocycles. The quantitative estimate of drug-likeness (QED) is 0.841. The van der Waals surface area contributed by atoms with Crippen molar-refractivity contribution in [2.24, 2.45) is 0 Å². The van der Waals surface area contributed by atoms with Crippen LogP contribution in [0, 0.1) is 0 Å². The van der Waals surface area contributed by atoms with E-state index in [1.54, 1.807) is 30.3 Å². The van der Waals surface area contributed by atoms with Gasteiger partial charge in [-0.3, -0.25) is 0 Å². The van der Waals surface area contributed by atoms with Crippen LogP contribution >= 0.6 is 0 Å². The Balaban J connectivity index is 1.89. The van der Waals surface area contributed by atoms with Gasteiger partial charge >= 0.3 is 0 Å². The van der Waals surface area contributed by atoms with Crippen molar-refractivity contribution in [2.45, 2.75) is 47.9 Å². The van der Waals surface area contributed by atoms with E-state index >= 15 is 0 Å². The number of sulfone groups is 1. The highest BCUT2D eigenvalue weighted by molar-refractivity contribution is 7.92. The lowest BCUT2D eigenvalue weighted by Crippen LogP contribution is -2.49. The van der Waals surface area contributed by atoms with Gasteiger partial charge in [-0.25, -0.2) is 16.8 Å². The van der Waals surface area contributed by atoms with Gasteiger partial charge in [0.25, 0.3) is 0 Å². The zero-order chi connectivity index (χ0) is 15.3. The summed E-state index contributed by atoms with van der Waals surface area (Å²) < 4.78 is 50.6. The third-order valence-corrected chi connectivity index (χ3v) is 8.07. The van der Waals surface area contributed by atoms with E-state index in [-0.39, 0.29) is 12.1 Å². The lowest BCUT2D eigenvalue weighted by Gasteiger charge is -2.36. The van der Waals surface area contributed by atoms with Crippen LogP contribution in [-0.4, -0.2) is 44.7 Å². The number of rotatable bonds is 3. The number of fused-ring (bicyclic) bond motifs is 2. The Hall–Kier alpha value is -0.920. The van der Waals surface area contributed by atoms with Crippen molar-refractivity contribution in [2.75, 3.05) is 6.26 Å². The van der Waals surface area contributed by atoms with Crippen LogP contribution in [0.15, 0.2) is 35.2 Å². The zero-order valence-corrected chi connectivity index (χ0v) is 13.5. The number of sulfonamides is 1. The maximum atomic E-state index is 12.7. The fraction of sp³-hybridized carbons (Fsp3) is 0.571. The predicted molar refractivity (Wildman–Crippen MR) is 80.1 cm³/mol. The van der Waals surface area contributed by atoms with Crippen molar-refractivity contribution in [3.05, 3.63) is 30.3 Å². The second-order valence-electron chi connectivity index (χ2n) is 5.93. The Morgan fingerprint density at radius 3 is 1.95 bits per heavy atom. The van der Waals surface area contributed by atoms with E-state index in [0.717, 1.165) is 12.8 Å². The number of hydrogen-bond donors (Lipinski definition) is 0. The first-order valence-electron chi connectivity index (χ1n) is 7.07. The van der Waals surface area contributed by atoms with Crippen LogP contribution in [0.25, 0.3) is 0 Å². The van der Waals surface area contributed by atoms with Crippen LogP contribution in [0.5, 0.6) is 0 Å². The molecule has 0 radical (unpaired) electrons. The Kier molecular flexibility index (Phi) is 3.62. The molecule has 0 saturated carbocycles. The number of piperidine rings is 1. The number of hydrogen-bond acceptors (Lipinski definition) is 4. The number of nitrogens with zero attached hydrogens (tertiary/aromatic N) is 1. The maximum Gasteiger partial charge on any atom is 0.211 e. The SMILES string of the molecule is CS(=O)(=O)N1[C@@H]2CC[C@H]1CC(S(=O)(=O)c1ccccc1)C2. The molecule has 0 aliphatic carbocycles. The monoisotopic (exact) mass is 329 g/mol. The molecular weight excluding hydrogens is 310 g/mol. The highest BCUT2D eigenvalue weighted by atomic mass is 32.2. The smallest absolute Gasteiger partial charge is 0.211 e. The minimum atomic E-state index is -3.38. The van der Waals surface area contributed by atoms with E-state index in [2.05, 4.69) is 0 Å². The third-order valence-electron chi connectivity index (χ3n) is 4.52. The molecule has 0 amide bonds. The Labute approximate surface area is 125 Å². The number of benzene rings is 1. The first kappa shape index (κ1) is 15.0. The maximum absolute atomic E-state index is 12.7. The summed E-state index contributed by atoms with van der Waals surface area (Å²) in [7, 11) is -6.64. The Morgan fingerprint density at radius 2 is 1.48 bits per heavy atom. The molecule has 3 rings (SSSR count). The zero-order valence-electron chi connectivity index (χ0n) is 11.8. The van der Waals surface area contributed by atoms with Crippen molar-refractivity contribution in [1.29, 1.82) is 0 Å². The van der Waals surface area contributed by atoms with Crippen LogP contribution < -0.4 is 0 Å². The highest BCUT2D eigenvalue weighted by Gasteiger charge is 2.48. The molecular formula is C14H19NO4S2. The molecule has 1 aromatic rings. The van der Waals surface area contributed by atoms with Crippen LogP contribution in [0.1, 0.15) is 25.7 Å². The molecule has 3 atom stereocenters. The average Bonchev–Trinajstić information content (AvgIpc) is 2.71. The molecule has 5 nitrogen and oxygen atoms in total. The molecule has 1 aromatic carbocycles. The van der Waals surface area contributed by atoms with Gasteiger partial charge < -0.3 is 0 Å². The summed E-state index contributed by atoms with van der Waals surface area (Å²) in [4.78, 5) is 0.335. The second-order valence-corrected chi connectivity index (χ2v) is 10.0. The van der Waals surface area contributed by atoms with Crippen molar-refractivity contribution < 1.29 is 16.8 Å². The van der Waals surface area contributed by atoms with E-state index < -0.39 is 25.1 Å². The first-order chi connectivity index (χ1) is 9.80. The molecule has 116 valence electrons. The van der Waals surface area contributed by atoms with Crippen LogP contribution in [0.2, 0.25) is 0 Å². The van der Waals surface area contributed by atoms with Crippen LogP contribution in [0.3, 0.4) is 0 Å². The average molecular weight is 329 g/mol. The Bertz CT molecular complexity index is 713. The standard InChI is InChI=1S/C14H19NO4S2/c1-20(16,17)15-11-7-8-12(15)10-14(9-11)21(18,19)13-5-3-2-4-6-13/h2-6,11-12,14H,7-10H2,1H3/t11-,12+,14?. The molecule has 1 unspecified atom stereocenters. The molecule has 21 heavy (non-hydrogen) atoms. The van der Waals surface area contributed by atoms with Gasteiger partial charge in [-0.1, -0.05) is 18.2 Å². The predicted octanol–water partition coefficient (Wildman–Crippen LogP) is 1.42. The molecule has 0 N–H and O–H groups in total. The molecule has 2 aliphatic rings. The van der Waals surface area contributed by atoms with Gasteiger partial charge in [0.1, 0.15) is 0 Å². The minimum absolute atomic E-state index is 0.165. The van der Waals surface area contributed by atoms with Gasteiger partial charge in [0.05, 0.1) is 16.4 Å². The molecule has 2 bridgehead atoms. The van der Waals surface area contributed by atoms with Crippen LogP contribution in [0.4, 0.5) is 0 Å². The molecule has 7 heteroatoms. The van der Waals surface area contributed by atoms with Gasteiger partial charge in [0, 0.05) is 12.1 Å². The molecule has 2 fully saturated rings. The third kappa shape index (κ3) is 2.62. The summed E-state index contributed by atoms with van der Waals surface area (Å²) >= 11 is 0. The summed E-state index contributed by atoms with van der Waals surface area (Å²) in [6.07, 6.45) is 3.54. The normalized spacial score (nSPS) is 30.4. The minimum Gasteiger partial charge on any atom is -0.223 e. The van der Waals surface area contributed by atoms with Gasteiger partial charge in [-0.05, 0) is 37.8 Å². The summed E-state index contributed by atoms with van der Waals surface area (Å²) in [5, 5.41) is -0.476. The largest absolute Gasteiger partial charge is 0.223 e. The lowest BCUT2D eigenvalue weighted by molar-refractivity contribution is 0.250. The van der Waals surface area contributed by atoms with E-state index in [1.807, 2.05) is 0 Å². The van der Waals surface area contributed by atoms with E-state index in [9.17, 15) is 16.8 Å². The topological polar surface area (TPSA) is 71.5 Å². The second kappa shape index (κ2) is 5.07. The summed E-state index contributed by atoms with van der Waals surface area (Å²) in [6.45, 7) is 0. The van der Waals surface area contributed by atoms with E-state index in [4.69, 9.17) is 0 Å². The molecule has 2 aliphatic heterocycles. The first-order valence-corrected chi connectivity index (χ1v) is 10.5. The van der Waals surface area contributed by atoms with Crippen molar-refractivity contribution in [3.63, 3.8) is 0 Å².